The summed E-state index contributed by atoms with van der Waals surface area (Å²) in [4.78, 5) is 0. The average molecular weight is 172 g/mol. The van der Waals surface area contributed by atoms with Gasteiger partial charge >= 0.3 is 0 Å². The predicted molar refractivity (Wildman–Crippen MR) is 51.3 cm³/mol. The van der Waals surface area contributed by atoms with E-state index in [1.54, 1.807) is 0 Å². The molecule has 0 saturated heterocycles. The third-order valence-electron chi connectivity index (χ3n) is 1.57. The Balaban J connectivity index is 3.32. The van der Waals surface area contributed by atoms with Crippen molar-refractivity contribution in [3.8, 4) is 0 Å². The highest BCUT2D eigenvalue weighted by molar-refractivity contribution is 4.70. The lowest BCUT2D eigenvalue weighted by Crippen LogP contribution is -2.19. The minimum absolute atomic E-state index is 0.197. The quantitative estimate of drug-likeness (QED) is 0.549. The summed E-state index contributed by atoms with van der Waals surface area (Å²) in [6, 6.07) is 0. The smallest absolute Gasteiger partial charge is 0.0780 e. The maximum absolute atomic E-state index is 5.50. The van der Waals surface area contributed by atoms with Crippen molar-refractivity contribution in [2.45, 2.75) is 39.4 Å². The second-order valence-corrected chi connectivity index (χ2v) is 2.93. The molecule has 12 heavy (non-hydrogen) atoms. The maximum Gasteiger partial charge on any atom is 0.0780 e. The first-order valence-electron chi connectivity index (χ1n) is 4.54. The van der Waals surface area contributed by atoms with E-state index in [2.05, 4.69) is 6.58 Å². The van der Waals surface area contributed by atoms with E-state index in [1.165, 1.54) is 0 Å². The molecule has 0 aliphatic carbocycles. The van der Waals surface area contributed by atoms with Crippen molar-refractivity contribution in [3.63, 3.8) is 0 Å². The number of rotatable bonds is 7. The molecule has 0 radical (unpaired) electrons. The molecule has 0 N–H and O–H groups in total. The summed E-state index contributed by atoms with van der Waals surface area (Å²) < 4.78 is 10.8. The molecule has 0 fully saturated rings. The molecule has 1 unspecified atom stereocenters. The highest BCUT2D eigenvalue weighted by atomic mass is 16.5. The van der Waals surface area contributed by atoms with E-state index in [9.17, 15) is 0 Å². The van der Waals surface area contributed by atoms with Gasteiger partial charge in [0, 0.05) is 6.61 Å². The van der Waals surface area contributed by atoms with Crippen LogP contribution < -0.4 is 0 Å². The molecule has 2 nitrogen and oxygen atoms in total. The molecule has 0 heterocycles. The molecule has 0 spiro atoms. The topological polar surface area (TPSA) is 18.5 Å². The third kappa shape index (κ3) is 6.38. The fourth-order valence-corrected chi connectivity index (χ4v) is 0.935. The number of hydrogen-bond donors (Lipinski definition) is 0. The molecule has 0 aromatic rings. The van der Waals surface area contributed by atoms with Gasteiger partial charge in [0.15, 0.2) is 0 Å². The van der Waals surface area contributed by atoms with Crippen LogP contribution in [0.5, 0.6) is 0 Å². The van der Waals surface area contributed by atoms with Gasteiger partial charge in [0.05, 0.1) is 18.8 Å². The summed E-state index contributed by atoms with van der Waals surface area (Å²) >= 11 is 0. The first kappa shape index (κ1) is 11.7. The lowest BCUT2D eigenvalue weighted by molar-refractivity contribution is -0.0265. The van der Waals surface area contributed by atoms with Crippen LogP contribution in [0.3, 0.4) is 0 Å². The van der Waals surface area contributed by atoms with Crippen LogP contribution in [-0.2, 0) is 9.47 Å². The number of hydrogen-bond acceptors (Lipinski definition) is 2. The summed E-state index contributed by atoms with van der Waals surface area (Å²) in [6.45, 7) is 11.1. The van der Waals surface area contributed by atoms with E-state index in [-0.39, 0.29) is 12.2 Å². The first-order chi connectivity index (χ1) is 5.70. The largest absolute Gasteiger partial charge is 0.376 e. The van der Waals surface area contributed by atoms with Crippen molar-refractivity contribution in [2.75, 3.05) is 13.2 Å². The van der Waals surface area contributed by atoms with Crippen molar-refractivity contribution >= 4 is 0 Å². The SMILES string of the molecule is C=CC[C@H](C)OCC(C)OCC. The van der Waals surface area contributed by atoms with E-state index in [1.807, 2.05) is 26.8 Å². The average Bonchev–Trinajstić information content (AvgIpc) is 2.02. The molecule has 0 saturated carbocycles. The van der Waals surface area contributed by atoms with Gasteiger partial charge in [-0.25, -0.2) is 0 Å². The van der Waals surface area contributed by atoms with Crippen LogP contribution in [0.15, 0.2) is 12.7 Å². The third-order valence-corrected chi connectivity index (χ3v) is 1.57. The van der Waals surface area contributed by atoms with Crippen LogP contribution >= 0.6 is 0 Å². The molecular formula is C10H20O2. The Hall–Kier alpha value is -0.340. The van der Waals surface area contributed by atoms with Crippen LogP contribution in [-0.4, -0.2) is 25.4 Å². The lowest BCUT2D eigenvalue weighted by Gasteiger charge is -2.15. The van der Waals surface area contributed by atoms with E-state index >= 15 is 0 Å². The molecule has 0 rings (SSSR count). The Labute approximate surface area is 75.6 Å². The van der Waals surface area contributed by atoms with Crippen molar-refractivity contribution < 1.29 is 9.47 Å². The van der Waals surface area contributed by atoms with Gasteiger partial charge in [-0.3, -0.25) is 0 Å². The molecule has 0 aliphatic heterocycles. The molecule has 2 atom stereocenters. The molecular weight excluding hydrogens is 152 g/mol. The van der Waals surface area contributed by atoms with Gasteiger partial charge in [-0.1, -0.05) is 6.08 Å². The minimum Gasteiger partial charge on any atom is -0.376 e. The number of ether oxygens (including phenoxy) is 2. The van der Waals surface area contributed by atoms with Gasteiger partial charge < -0.3 is 9.47 Å². The van der Waals surface area contributed by atoms with E-state index in [0.29, 0.717) is 6.61 Å². The molecule has 0 bridgehead atoms. The summed E-state index contributed by atoms with van der Waals surface area (Å²) in [5.41, 5.74) is 0. The van der Waals surface area contributed by atoms with Gasteiger partial charge in [-0.2, -0.15) is 0 Å². The van der Waals surface area contributed by atoms with E-state index in [0.717, 1.165) is 13.0 Å². The molecule has 0 aromatic carbocycles. The molecule has 0 amide bonds. The van der Waals surface area contributed by atoms with E-state index < -0.39 is 0 Å². The zero-order valence-electron chi connectivity index (χ0n) is 8.38. The van der Waals surface area contributed by atoms with Gasteiger partial charge in [0.2, 0.25) is 0 Å². The summed E-state index contributed by atoms with van der Waals surface area (Å²) in [7, 11) is 0. The normalized spacial score (nSPS) is 15.6. The van der Waals surface area contributed by atoms with Crippen LogP contribution in [0.2, 0.25) is 0 Å². The van der Waals surface area contributed by atoms with Gasteiger partial charge in [-0.15, -0.1) is 6.58 Å². The Morgan fingerprint density at radius 3 is 2.42 bits per heavy atom. The highest BCUT2D eigenvalue weighted by Crippen LogP contribution is 2.00. The Bertz CT molecular complexity index is 112. The van der Waals surface area contributed by atoms with Crippen molar-refractivity contribution in [2.24, 2.45) is 0 Å². The molecule has 0 aliphatic rings. The van der Waals surface area contributed by atoms with Gasteiger partial charge in [-0.05, 0) is 27.2 Å². The van der Waals surface area contributed by atoms with E-state index in [4.69, 9.17) is 9.47 Å². The predicted octanol–water partition coefficient (Wildman–Crippen LogP) is 2.39. The second kappa shape index (κ2) is 7.32. The van der Waals surface area contributed by atoms with Crippen LogP contribution in [0, 0.1) is 0 Å². The van der Waals surface area contributed by atoms with Crippen molar-refractivity contribution in [3.05, 3.63) is 12.7 Å². The van der Waals surface area contributed by atoms with Crippen LogP contribution in [0.1, 0.15) is 27.2 Å². The molecule has 0 aromatic heterocycles. The Morgan fingerprint density at radius 1 is 1.25 bits per heavy atom. The maximum atomic E-state index is 5.50. The Morgan fingerprint density at radius 2 is 1.92 bits per heavy atom. The monoisotopic (exact) mass is 172 g/mol. The van der Waals surface area contributed by atoms with Gasteiger partial charge in [0.25, 0.3) is 0 Å². The molecule has 2 heteroatoms. The second-order valence-electron chi connectivity index (χ2n) is 2.93. The zero-order valence-corrected chi connectivity index (χ0v) is 8.38. The Kier molecular flexibility index (Phi) is 7.11. The first-order valence-corrected chi connectivity index (χ1v) is 4.54. The van der Waals surface area contributed by atoms with Crippen molar-refractivity contribution in [1.82, 2.24) is 0 Å². The van der Waals surface area contributed by atoms with Gasteiger partial charge in [0.1, 0.15) is 0 Å². The molecule has 72 valence electrons. The van der Waals surface area contributed by atoms with Crippen LogP contribution in [0.25, 0.3) is 0 Å². The summed E-state index contributed by atoms with van der Waals surface area (Å²) in [5.74, 6) is 0. The summed E-state index contributed by atoms with van der Waals surface area (Å²) in [6.07, 6.45) is 3.22. The minimum atomic E-state index is 0.197. The zero-order chi connectivity index (χ0) is 9.40. The fourth-order valence-electron chi connectivity index (χ4n) is 0.935. The highest BCUT2D eigenvalue weighted by Gasteiger charge is 2.04. The summed E-state index contributed by atoms with van der Waals surface area (Å²) in [5, 5.41) is 0. The van der Waals surface area contributed by atoms with Crippen LogP contribution in [0.4, 0.5) is 0 Å². The standard InChI is InChI=1S/C10H20O2/c1-5-7-9(3)12-8-10(4)11-6-2/h5,9-10H,1,6-8H2,2-4H3/t9-,10?/m0/s1. The van der Waals surface area contributed by atoms with Crippen molar-refractivity contribution in [1.29, 1.82) is 0 Å². The fraction of sp³-hybridized carbons (Fsp3) is 0.800. The lowest BCUT2D eigenvalue weighted by atomic mass is 10.3.